The lowest BCUT2D eigenvalue weighted by Crippen LogP contribution is -1.95. The first-order valence-electron chi connectivity index (χ1n) is 4.44. The van der Waals surface area contributed by atoms with Gasteiger partial charge in [0.25, 0.3) is 0 Å². The molecule has 0 radical (unpaired) electrons. The fourth-order valence-corrected chi connectivity index (χ4v) is 1.15. The van der Waals surface area contributed by atoms with Crippen molar-refractivity contribution in [1.82, 2.24) is 0 Å². The summed E-state index contributed by atoms with van der Waals surface area (Å²) in [6.07, 6.45) is 1.40. The molecule has 3 heteroatoms. The third-order valence-corrected chi connectivity index (χ3v) is 1.98. The summed E-state index contributed by atoms with van der Waals surface area (Å²) < 4.78 is 4.52. The quantitative estimate of drug-likeness (QED) is 0.544. The van der Waals surface area contributed by atoms with Gasteiger partial charge in [-0.05, 0) is 30.2 Å². The Morgan fingerprint density at radius 3 is 2.87 bits per heavy atom. The van der Waals surface area contributed by atoms with Gasteiger partial charge in [0.15, 0.2) is 0 Å². The minimum absolute atomic E-state index is 0.394. The number of hydrogen-bond acceptors (Lipinski definition) is 3. The number of nitrogens with zero attached hydrogens (tertiary/aromatic N) is 1. The summed E-state index contributed by atoms with van der Waals surface area (Å²) in [5, 5.41) is 8.71. The summed E-state index contributed by atoms with van der Waals surface area (Å²) >= 11 is 0. The van der Waals surface area contributed by atoms with Crippen molar-refractivity contribution in [2.75, 3.05) is 7.11 Å². The molecule has 76 valence electrons. The van der Waals surface area contributed by atoms with Crippen LogP contribution in [-0.2, 0) is 9.53 Å². The second-order valence-corrected chi connectivity index (χ2v) is 3.04. The average molecular weight is 201 g/mol. The van der Waals surface area contributed by atoms with Crippen LogP contribution in [0.5, 0.6) is 0 Å². The van der Waals surface area contributed by atoms with E-state index in [0.29, 0.717) is 5.56 Å². The van der Waals surface area contributed by atoms with E-state index >= 15 is 0 Å². The van der Waals surface area contributed by atoms with Crippen LogP contribution < -0.4 is 0 Å². The van der Waals surface area contributed by atoms with Gasteiger partial charge in [-0.3, -0.25) is 0 Å². The van der Waals surface area contributed by atoms with Crippen LogP contribution in [0.3, 0.4) is 0 Å². The maximum absolute atomic E-state index is 11.0. The summed E-state index contributed by atoms with van der Waals surface area (Å²) in [7, 11) is 1.33. The average Bonchev–Trinajstić information content (AvgIpc) is 2.28. The van der Waals surface area contributed by atoms with Crippen molar-refractivity contribution >= 4 is 11.5 Å². The molecule has 3 nitrogen and oxygen atoms in total. The maximum atomic E-state index is 11.0. The van der Waals surface area contributed by atoms with E-state index in [9.17, 15) is 4.79 Å². The van der Waals surface area contributed by atoms with Gasteiger partial charge in [0.1, 0.15) is 0 Å². The largest absolute Gasteiger partial charge is 0.466 e. The summed E-state index contributed by atoms with van der Waals surface area (Å²) in [6, 6.07) is 9.12. The molecule has 0 spiro atoms. The Hall–Kier alpha value is -2.08. The van der Waals surface area contributed by atoms with Crippen molar-refractivity contribution in [3.63, 3.8) is 0 Å². The van der Waals surface area contributed by atoms with E-state index in [0.717, 1.165) is 11.1 Å². The molecule has 0 aliphatic rings. The van der Waals surface area contributed by atoms with Gasteiger partial charge in [0, 0.05) is 6.08 Å². The lowest BCUT2D eigenvalue weighted by molar-refractivity contribution is -0.134. The van der Waals surface area contributed by atoms with Crippen molar-refractivity contribution in [2.45, 2.75) is 6.92 Å². The Morgan fingerprint density at radius 1 is 1.53 bits per heavy atom. The highest BCUT2D eigenvalue weighted by Gasteiger charge is 2.00. The zero-order valence-corrected chi connectivity index (χ0v) is 8.65. The molecule has 0 bridgehead atoms. The molecule has 0 amide bonds. The van der Waals surface area contributed by atoms with Gasteiger partial charge in [-0.15, -0.1) is 0 Å². The molecule has 0 aromatic heterocycles. The Bertz CT molecular complexity index is 441. The Balaban J connectivity index is 3.01. The third kappa shape index (κ3) is 2.96. The van der Waals surface area contributed by atoms with Crippen molar-refractivity contribution in [3.05, 3.63) is 41.5 Å². The van der Waals surface area contributed by atoms with Gasteiger partial charge in [-0.1, -0.05) is 12.1 Å². The van der Waals surface area contributed by atoms with Crippen LogP contribution in [-0.4, -0.2) is 13.1 Å². The van der Waals surface area contributed by atoms with Crippen LogP contribution in [0.2, 0.25) is 0 Å². The zero-order chi connectivity index (χ0) is 11.3. The Morgan fingerprint density at radius 2 is 2.27 bits per heavy atom. The van der Waals surface area contributed by atoms with Gasteiger partial charge in [0.2, 0.25) is 0 Å². The molecular formula is C12H11NO2. The number of esters is 1. The lowest BCUT2D eigenvalue weighted by atomic mass is 10.0. The van der Waals surface area contributed by atoms with Crippen molar-refractivity contribution in [3.8, 4) is 6.07 Å². The number of carbonyl (C=O) groups is 1. The van der Waals surface area contributed by atoms with Crippen LogP contribution >= 0.6 is 0 Å². The fraction of sp³-hybridized carbons (Fsp3) is 0.167. The van der Waals surface area contributed by atoms with Gasteiger partial charge < -0.3 is 4.74 Å². The van der Waals surface area contributed by atoms with Gasteiger partial charge >= 0.3 is 5.97 Å². The standard InChI is InChI=1S/C12H11NO2/c1-9(6-12(14)15-2)11-5-3-4-10(7-11)8-13/h3-7H,1-2H3/b9-6-. The van der Waals surface area contributed by atoms with E-state index in [2.05, 4.69) is 4.74 Å². The molecule has 0 aliphatic carbocycles. The molecular weight excluding hydrogens is 190 g/mol. The molecule has 0 heterocycles. The second-order valence-electron chi connectivity index (χ2n) is 3.04. The molecule has 0 aliphatic heterocycles. The molecule has 15 heavy (non-hydrogen) atoms. The maximum Gasteiger partial charge on any atom is 0.330 e. The highest BCUT2D eigenvalue weighted by Crippen LogP contribution is 2.14. The minimum atomic E-state index is -0.394. The van der Waals surface area contributed by atoms with Crippen LogP contribution in [0.15, 0.2) is 30.3 Å². The first-order chi connectivity index (χ1) is 7.17. The smallest absolute Gasteiger partial charge is 0.330 e. The third-order valence-electron chi connectivity index (χ3n) is 1.98. The highest BCUT2D eigenvalue weighted by molar-refractivity contribution is 5.90. The predicted octanol–water partition coefficient (Wildman–Crippen LogP) is 2.13. The first-order valence-corrected chi connectivity index (χ1v) is 4.44. The fourth-order valence-electron chi connectivity index (χ4n) is 1.15. The van der Waals surface area contributed by atoms with E-state index < -0.39 is 5.97 Å². The van der Waals surface area contributed by atoms with Crippen LogP contribution in [0.1, 0.15) is 18.1 Å². The predicted molar refractivity (Wildman–Crippen MR) is 56.8 cm³/mol. The van der Waals surface area contributed by atoms with Crippen molar-refractivity contribution < 1.29 is 9.53 Å². The summed E-state index contributed by atoms with van der Waals surface area (Å²) in [6.45, 7) is 1.80. The number of benzene rings is 1. The number of methoxy groups -OCH3 is 1. The van der Waals surface area contributed by atoms with E-state index in [4.69, 9.17) is 5.26 Å². The van der Waals surface area contributed by atoms with Gasteiger partial charge in [-0.25, -0.2) is 4.79 Å². The molecule has 1 rings (SSSR count). The SMILES string of the molecule is COC(=O)/C=C(/C)c1cccc(C#N)c1. The lowest BCUT2D eigenvalue weighted by Gasteiger charge is -2.01. The number of rotatable bonds is 2. The Kier molecular flexibility index (Phi) is 3.64. The van der Waals surface area contributed by atoms with E-state index in [1.54, 1.807) is 25.1 Å². The molecule has 0 saturated heterocycles. The monoisotopic (exact) mass is 201 g/mol. The van der Waals surface area contributed by atoms with Gasteiger partial charge in [0.05, 0.1) is 18.7 Å². The van der Waals surface area contributed by atoms with Crippen LogP contribution in [0, 0.1) is 11.3 Å². The summed E-state index contributed by atoms with van der Waals surface area (Å²) in [5.41, 5.74) is 2.20. The first kappa shape index (κ1) is 11.0. The van der Waals surface area contributed by atoms with Crippen LogP contribution in [0.4, 0.5) is 0 Å². The number of allylic oxidation sites excluding steroid dienone is 1. The van der Waals surface area contributed by atoms with E-state index in [1.165, 1.54) is 13.2 Å². The topological polar surface area (TPSA) is 50.1 Å². The van der Waals surface area contributed by atoms with Crippen molar-refractivity contribution in [1.29, 1.82) is 5.26 Å². The van der Waals surface area contributed by atoms with E-state index in [-0.39, 0.29) is 0 Å². The zero-order valence-electron chi connectivity index (χ0n) is 8.65. The molecule has 0 fully saturated rings. The molecule has 0 N–H and O–H groups in total. The second kappa shape index (κ2) is 4.97. The highest BCUT2D eigenvalue weighted by atomic mass is 16.5. The summed E-state index contributed by atoms with van der Waals surface area (Å²) in [4.78, 5) is 11.0. The van der Waals surface area contributed by atoms with Crippen molar-refractivity contribution in [2.24, 2.45) is 0 Å². The number of carbonyl (C=O) groups excluding carboxylic acids is 1. The van der Waals surface area contributed by atoms with E-state index in [1.807, 2.05) is 12.1 Å². The molecule has 0 saturated carbocycles. The summed E-state index contributed by atoms with van der Waals surface area (Å²) in [5.74, 6) is -0.394. The molecule has 1 aromatic carbocycles. The number of hydrogen-bond donors (Lipinski definition) is 0. The van der Waals surface area contributed by atoms with Crippen LogP contribution in [0.25, 0.3) is 5.57 Å². The molecule has 1 aromatic rings. The molecule has 0 atom stereocenters. The minimum Gasteiger partial charge on any atom is -0.466 e. The Labute approximate surface area is 88.6 Å². The number of nitriles is 1. The van der Waals surface area contributed by atoms with Gasteiger partial charge in [-0.2, -0.15) is 5.26 Å². The normalized spacial score (nSPS) is 10.6. The number of ether oxygens (including phenoxy) is 1. The molecule has 0 unspecified atom stereocenters.